The molecule has 0 bridgehead atoms. The number of benzene rings is 1. The van der Waals surface area contributed by atoms with Crippen LogP contribution in [0, 0.1) is 5.82 Å². The minimum atomic E-state index is -1.09. The van der Waals surface area contributed by atoms with Crippen molar-refractivity contribution in [3.63, 3.8) is 0 Å². The van der Waals surface area contributed by atoms with Crippen LogP contribution in [0.3, 0.4) is 0 Å². The molecule has 0 radical (unpaired) electrons. The van der Waals surface area contributed by atoms with Gasteiger partial charge in [-0.25, -0.2) is 18.9 Å². The minimum absolute atomic E-state index is 0.0451. The first-order valence-corrected chi connectivity index (χ1v) is 8.94. The topological polar surface area (TPSA) is 86.1 Å². The summed E-state index contributed by atoms with van der Waals surface area (Å²) >= 11 is 5.88. The van der Waals surface area contributed by atoms with Gasteiger partial charge >= 0.3 is 5.97 Å². The predicted octanol–water partition coefficient (Wildman–Crippen LogP) is 3.99. The highest BCUT2D eigenvalue weighted by molar-refractivity contribution is 6.33. The summed E-state index contributed by atoms with van der Waals surface area (Å²) < 4.78 is 20.0. The van der Waals surface area contributed by atoms with E-state index in [1.165, 1.54) is 19.2 Å². The van der Waals surface area contributed by atoms with Crippen molar-refractivity contribution in [3.05, 3.63) is 53.1 Å². The summed E-state index contributed by atoms with van der Waals surface area (Å²) in [5, 5.41) is 7.48. The van der Waals surface area contributed by atoms with Crippen LogP contribution in [0.4, 0.5) is 10.1 Å². The zero-order chi connectivity index (χ0) is 20.4. The summed E-state index contributed by atoms with van der Waals surface area (Å²) in [5.41, 5.74) is 1.08. The lowest BCUT2D eigenvalue weighted by molar-refractivity contribution is -0.123. The number of anilines is 1. The average Bonchev–Trinajstić information content (AvgIpc) is 3.07. The third-order valence-electron chi connectivity index (χ3n) is 4.00. The van der Waals surface area contributed by atoms with Crippen LogP contribution in [0.15, 0.2) is 36.7 Å². The van der Waals surface area contributed by atoms with Gasteiger partial charge < -0.3 is 10.1 Å². The van der Waals surface area contributed by atoms with Crippen LogP contribution < -0.4 is 5.32 Å². The molecule has 2 heterocycles. The zero-order valence-electron chi connectivity index (χ0n) is 15.4. The van der Waals surface area contributed by atoms with Crippen molar-refractivity contribution >= 4 is 40.2 Å². The fraction of sp³-hybridized carbons (Fsp3) is 0.263. The molecule has 0 aliphatic heterocycles. The molecule has 28 heavy (non-hydrogen) atoms. The molecule has 0 fully saturated rings. The molecule has 1 N–H and O–H groups in total. The van der Waals surface area contributed by atoms with Crippen molar-refractivity contribution in [2.75, 3.05) is 5.32 Å². The van der Waals surface area contributed by atoms with E-state index in [1.807, 2.05) is 13.8 Å². The average molecular weight is 405 g/mol. The van der Waals surface area contributed by atoms with Crippen molar-refractivity contribution in [3.8, 4) is 0 Å². The van der Waals surface area contributed by atoms with E-state index in [1.54, 1.807) is 16.9 Å². The van der Waals surface area contributed by atoms with Crippen LogP contribution in [-0.2, 0) is 9.53 Å². The second kappa shape index (κ2) is 7.93. The molecule has 1 atom stereocenters. The van der Waals surface area contributed by atoms with E-state index in [4.69, 9.17) is 16.3 Å². The summed E-state index contributed by atoms with van der Waals surface area (Å²) in [7, 11) is 0. The van der Waals surface area contributed by atoms with Gasteiger partial charge in [0.05, 0.1) is 22.5 Å². The van der Waals surface area contributed by atoms with Gasteiger partial charge in [-0.1, -0.05) is 11.6 Å². The fourth-order valence-corrected chi connectivity index (χ4v) is 2.75. The van der Waals surface area contributed by atoms with Gasteiger partial charge in [0.25, 0.3) is 5.91 Å². The Labute approximate surface area is 165 Å². The number of nitrogens with zero attached hydrogens (tertiary/aromatic N) is 3. The van der Waals surface area contributed by atoms with Gasteiger partial charge in [-0.05, 0) is 45.0 Å². The van der Waals surface area contributed by atoms with Crippen LogP contribution in [-0.4, -0.2) is 32.7 Å². The molecule has 0 aliphatic carbocycles. The van der Waals surface area contributed by atoms with Crippen molar-refractivity contribution < 1.29 is 18.7 Å². The number of carbonyl (C=O) groups is 2. The molecule has 146 valence electrons. The van der Waals surface area contributed by atoms with Crippen LogP contribution in [0.1, 0.15) is 37.2 Å². The van der Waals surface area contributed by atoms with E-state index in [0.29, 0.717) is 11.0 Å². The summed E-state index contributed by atoms with van der Waals surface area (Å²) in [4.78, 5) is 28.9. The maximum Gasteiger partial charge on any atom is 0.340 e. The van der Waals surface area contributed by atoms with Crippen LogP contribution in [0.5, 0.6) is 0 Å². The SMILES string of the molecule is CC(OC(=O)c1cnc2c(cnn2C(C)C)c1)C(=O)Nc1ccc(F)cc1Cl. The highest BCUT2D eigenvalue weighted by Crippen LogP contribution is 2.23. The van der Waals surface area contributed by atoms with Gasteiger partial charge in [0.15, 0.2) is 11.8 Å². The molecule has 0 saturated heterocycles. The number of nitrogens with one attached hydrogen (secondary N) is 1. The molecule has 2 aromatic heterocycles. The van der Waals surface area contributed by atoms with Crippen LogP contribution >= 0.6 is 11.6 Å². The molecule has 1 unspecified atom stereocenters. The molecular formula is C19H18ClFN4O3. The number of aromatic nitrogens is 3. The largest absolute Gasteiger partial charge is 0.449 e. The number of carbonyl (C=O) groups excluding carboxylic acids is 2. The first-order valence-electron chi connectivity index (χ1n) is 8.56. The van der Waals surface area contributed by atoms with E-state index >= 15 is 0 Å². The molecule has 1 amide bonds. The molecule has 1 aromatic carbocycles. The summed E-state index contributed by atoms with van der Waals surface area (Å²) in [5.74, 6) is -1.81. The molecule has 0 aliphatic rings. The second-order valence-corrected chi connectivity index (χ2v) is 6.89. The highest BCUT2D eigenvalue weighted by Gasteiger charge is 2.21. The number of esters is 1. The third-order valence-corrected chi connectivity index (χ3v) is 4.31. The Kier molecular flexibility index (Phi) is 5.60. The molecular weight excluding hydrogens is 387 g/mol. The standard InChI is InChI=1S/C19H18ClFN4O3/c1-10(2)25-17-12(9-23-25)6-13(8-22-17)19(27)28-11(3)18(26)24-16-5-4-14(21)7-15(16)20/h4-11H,1-3H3,(H,24,26). The number of halogens is 2. The monoisotopic (exact) mass is 404 g/mol. The number of fused-ring (bicyclic) bond motifs is 1. The molecule has 3 aromatic rings. The highest BCUT2D eigenvalue weighted by atomic mass is 35.5. The lowest BCUT2D eigenvalue weighted by Gasteiger charge is -2.14. The van der Waals surface area contributed by atoms with E-state index < -0.39 is 23.8 Å². The lowest BCUT2D eigenvalue weighted by atomic mass is 10.2. The van der Waals surface area contributed by atoms with Crippen molar-refractivity contribution in [1.29, 1.82) is 0 Å². The van der Waals surface area contributed by atoms with Crippen molar-refractivity contribution in [2.45, 2.75) is 32.9 Å². The Balaban J connectivity index is 1.69. The first-order chi connectivity index (χ1) is 13.3. The van der Waals surface area contributed by atoms with Gasteiger partial charge in [0.1, 0.15) is 5.82 Å². The predicted molar refractivity (Wildman–Crippen MR) is 103 cm³/mol. The normalized spacial score (nSPS) is 12.2. The summed E-state index contributed by atoms with van der Waals surface area (Å²) in [6, 6.07) is 5.30. The Hall–Kier alpha value is -3.00. The van der Waals surface area contributed by atoms with Crippen LogP contribution in [0.2, 0.25) is 5.02 Å². The van der Waals surface area contributed by atoms with Gasteiger partial charge in [0.2, 0.25) is 0 Å². The first kappa shape index (κ1) is 19.8. The maximum absolute atomic E-state index is 13.1. The third kappa shape index (κ3) is 4.12. The number of rotatable bonds is 5. The van der Waals surface area contributed by atoms with Crippen LogP contribution in [0.25, 0.3) is 11.0 Å². The maximum atomic E-state index is 13.1. The number of pyridine rings is 1. The van der Waals surface area contributed by atoms with Gasteiger partial charge in [-0.15, -0.1) is 0 Å². The van der Waals surface area contributed by atoms with E-state index in [2.05, 4.69) is 15.4 Å². The van der Waals surface area contributed by atoms with E-state index in [0.717, 1.165) is 12.1 Å². The van der Waals surface area contributed by atoms with Gasteiger partial charge in [-0.2, -0.15) is 5.10 Å². The van der Waals surface area contributed by atoms with Crippen molar-refractivity contribution in [1.82, 2.24) is 14.8 Å². The summed E-state index contributed by atoms with van der Waals surface area (Å²) in [6.07, 6.45) is 1.90. The number of hydrogen-bond acceptors (Lipinski definition) is 5. The quantitative estimate of drug-likeness (QED) is 0.650. The number of ether oxygens (including phenoxy) is 1. The second-order valence-electron chi connectivity index (χ2n) is 6.48. The molecule has 0 saturated carbocycles. The number of hydrogen-bond donors (Lipinski definition) is 1. The fourth-order valence-electron chi connectivity index (χ4n) is 2.54. The van der Waals surface area contributed by atoms with E-state index in [9.17, 15) is 14.0 Å². The van der Waals surface area contributed by atoms with Crippen molar-refractivity contribution in [2.24, 2.45) is 0 Å². The van der Waals surface area contributed by atoms with Gasteiger partial charge in [-0.3, -0.25) is 4.79 Å². The Bertz CT molecular complexity index is 1050. The molecule has 3 rings (SSSR count). The van der Waals surface area contributed by atoms with E-state index in [-0.39, 0.29) is 22.3 Å². The smallest absolute Gasteiger partial charge is 0.340 e. The van der Waals surface area contributed by atoms with Gasteiger partial charge in [0, 0.05) is 17.6 Å². The molecule has 9 heteroatoms. The Morgan fingerprint density at radius 1 is 1.21 bits per heavy atom. The minimum Gasteiger partial charge on any atom is -0.449 e. The Morgan fingerprint density at radius 2 is 1.96 bits per heavy atom. The summed E-state index contributed by atoms with van der Waals surface area (Å²) in [6.45, 7) is 5.38. The Morgan fingerprint density at radius 3 is 2.64 bits per heavy atom. The zero-order valence-corrected chi connectivity index (χ0v) is 16.2. The lowest BCUT2D eigenvalue weighted by Crippen LogP contribution is -2.30. The molecule has 0 spiro atoms. The number of amides is 1. The molecule has 7 nitrogen and oxygen atoms in total.